The molecule has 6 nitrogen and oxygen atoms in total. The summed E-state index contributed by atoms with van der Waals surface area (Å²) >= 11 is 0. The molecule has 1 saturated carbocycles. The molecule has 0 spiro atoms. The molecule has 0 N–H and O–H groups in total. The summed E-state index contributed by atoms with van der Waals surface area (Å²) in [5.41, 5.74) is 0.480. The average Bonchev–Trinajstić information content (AvgIpc) is 3.14. The highest BCUT2D eigenvalue weighted by Gasteiger charge is 2.29. The Morgan fingerprint density at radius 1 is 1.12 bits per heavy atom. The molecule has 1 saturated heterocycles. The summed E-state index contributed by atoms with van der Waals surface area (Å²) in [6.45, 7) is 7.67. The van der Waals surface area contributed by atoms with E-state index in [0.29, 0.717) is 24.8 Å². The van der Waals surface area contributed by atoms with Gasteiger partial charge in [0.15, 0.2) is 5.69 Å². The number of rotatable bonds is 5. The van der Waals surface area contributed by atoms with Crippen molar-refractivity contribution in [1.29, 1.82) is 0 Å². The highest BCUT2D eigenvalue weighted by atomic mass is 16.2. The minimum atomic E-state index is -0.00815. The summed E-state index contributed by atoms with van der Waals surface area (Å²) in [4.78, 5) is 16.9. The number of aromatic nitrogens is 3. The number of likely N-dealkylation sites (tertiary alicyclic amines) is 1. The van der Waals surface area contributed by atoms with E-state index in [1.165, 1.54) is 45.1 Å². The second-order valence-electron chi connectivity index (χ2n) is 7.14. The first kappa shape index (κ1) is 17.4. The van der Waals surface area contributed by atoms with Crippen LogP contribution in [0.5, 0.6) is 0 Å². The van der Waals surface area contributed by atoms with Crippen molar-refractivity contribution in [2.45, 2.75) is 70.9 Å². The third-order valence-electron chi connectivity index (χ3n) is 5.67. The van der Waals surface area contributed by atoms with E-state index in [1.54, 1.807) is 4.90 Å². The summed E-state index contributed by atoms with van der Waals surface area (Å²) in [7, 11) is 0. The zero-order chi connectivity index (χ0) is 16.9. The van der Waals surface area contributed by atoms with Gasteiger partial charge in [-0.15, -0.1) is 5.10 Å². The summed E-state index contributed by atoms with van der Waals surface area (Å²) in [6, 6.07) is 1.10. The maximum Gasteiger partial charge on any atom is 0.276 e. The molecule has 1 aliphatic carbocycles. The molecule has 2 heterocycles. The van der Waals surface area contributed by atoms with E-state index in [0.717, 1.165) is 19.0 Å². The van der Waals surface area contributed by atoms with Crippen LogP contribution in [0, 0.1) is 0 Å². The predicted octanol–water partition coefficient (Wildman–Crippen LogP) is 2.73. The van der Waals surface area contributed by atoms with Crippen molar-refractivity contribution in [2.75, 3.05) is 26.2 Å². The minimum Gasteiger partial charge on any atom is -0.338 e. The van der Waals surface area contributed by atoms with E-state index < -0.39 is 0 Å². The molecule has 2 fully saturated rings. The third-order valence-corrected chi connectivity index (χ3v) is 5.67. The van der Waals surface area contributed by atoms with Gasteiger partial charge in [0.2, 0.25) is 0 Å². The SMILES string of the molecule is CCN(CC)C(=O)c1cn(C2CCCN(C3CCCCC3)C2)nn1. The van der Waals surface area contributed by atoms with Gasteiger partial charge in [0.05, 0.1) is 12.2 Å². The van der Waals surface area contributed by atoms with Crippen molar-refractivity contribution in [1.82, 2.24) is 24.8 Å². The number of carbonyl (C=O) groups is 1. The first-order valence-electron chi connectivity index (χ1n) is 9.68. The molecule has 1 aromatic rings. The predicted molar refractivity (Wildman–Crippen MR) is 94.0 cm³/mol. The van der Waals surface area contributed by atoms with E-state index in [1.807, 2.05) is 24.7 Å². The fourth-order valence-electron chi connectivity index (χ4n) is 4.20. The van der Waals surface area contributed by atoms with Gasteiger partial charge in [0, 0.05) is 25.7 Å². The van der Waals surface area contributed by atoms with Crippen LogP contribution in [0.25, 0.3) is 0 Å². The standard InChI is InChI=1S/C18H31N5O/c1-3-21(4-2)18(24)17-14-23(20-19-17)16-11-8-12-22(13-16)15-9-6-5-7-10-15/h14-16H,3-13H2,1-2H3. The van der Waals surface area contributed by atoms with Crippen LogP contribution in [0.15, 0.2) is 6.20 Å². The lowest BCUT2D eigenvalue weighted by Gasteiger charge is -2.39. The second kappa shape index (κ2) is 8.10. The Bertz CT molecular complexity index is 533. The third kappa shape index (κ3) is 3.79. The van der Waals surface area contributed by atoms with Gasteiger partial charge in [-0.2, -0.15) is 0 Å². The van der Waals surface area contributed by atoms with Crippen molar-refractivity contribution in [3.63, 3.8) is 0 Å². The number of piperidine rings is 1. The fraction of sp³-hybridized carbons (Fsp3) is 0.833. The molecular formula is C18H31N5O. The smallest absolute Gasteiger partial charge is 0.276 e. The number of amides is 1. The Morgan fingerprint density at radius 3 is 2.54 bits per heavy atom. The van der Waals surface area contributed by atoms with Crippen LogP contribution in [0.4, 0.5) is 0 Å². The molecule has 134 valence electrons. The Hall–Kier alpha value is -1.43. The highest BCUT2D eigenvalue weighted by Crippen LogP contribution is 2.28. The monoisotopic (exact) mass is 333 g/mol. The molecule has 0 aromatic carbocycles. The molecule has 1 amide bonds. The minimum absolute atomic E-state index is 0.00815. The number of hydrogen-bond acceptors (Lipinski definition) is 4. The van der Waals surface area contributed by atoms with Crippen LogP contribution in [-0.4, -0.2) is 62.9 Å². The van der Waals surface area contributed by atoms with Gasteiger partial charge >= 0.3 is 0 Å². The van der Waals surface area contributed by atoms with Crippen molar-refractivity contribution >= 4 is 5.91 Å². The Labute approximate surface area is 145 Å². The van der Waals surface area contributed by atoms with Gasteiger partial charge in [0.1, 0.15) is 0 Å². The van der Waals surface area contributed by atoms with Gasteiger partial charge in [-0.05, 0) is 46.1 Å². The van der Waals surface area contributed by atoms with Crippen LogP contribution in [0.1, 0.15) is 75.3 Å². The molecule has 1 atom stereocenters. The largest absolute Gasteiger partial charge is 0.338 e. The summed E-state index contributed by atoms with van der Waals surface area (Å²) in [5.74, 6) is -0.00815. The lowest BCUT2D eigenvalue weighted by Crippen LogP contribution is -2.44. The molecule has 3 rings (SSSR count). The van der Waals surface area contributed by atoms with Crippen molar-refractivity contribution in [3.05, 3.63) is 11.9 Å². The van der Waals surface area contributed by atoms with Gasteiger partial charge in [-0.25, -0.2) is 4.68 Å². The quantitative estimate of drug-likeness (QED) is 0.831. The van der Waals surface area contributed by atoms with E-state index in [-0.39, 0.29) is 5.91 Å². The average molecular weight is 333 g/mol. The topological polar surface area (TPSA) is 54.3 Å². The lowest BCUT2D eigenvalue weighted by atomic mass is 9.92. The molecule has 6 heteroatoms. The van der Waals surface area contributed by atoms with Crippen LogP contribution < -0.4 is 0 Å². The molecule has 1 aliphatic heterocycles. The normalized spacial score (nSPS) is 23.3. The molecule has 0 bridgehead atoms. The lowest BCUT2D eigenvalue weighted by molar-refractivity contribution is 0.0766. The van der Waals surface area contributed by atoms with Crippen LogP contribution in [0.3, 0.4) is 0 Å². The van der Waals surface area contributed by atoms with Crippen molar-refractivity contribution in [2.24, 2.45) is 0 Å². The number of hydrogen-bond donors (Lipinski definition) is 0. The van der Waals surface area contributed by atoms with Crippen molar-refractivity contribution < 1.29 is 4.79 Å². The molecule has 1 unspecified atom stereocenters. The maximum atomic E-state index is 12.4. The van der Waals surface area contributed by atoms with E-state index in [9.17, 15) is 4.79 Å². The Kier molecular flexibility index (Phi) is 5.87. The van der Waals surface area contributed by atoms with Gasteiger partial charge in [0.25, 0.3) is 5.91 Å². The van der Waals surface area contributed by atoms with Crippen molar-refractivity contribution in [3.8, 4) is 0 Å². The van der Waals surface area contributed by atoms with E-state index >= 15 is 0 Å². The first-order chi connectivity index (χ1) is 11.7. The fourth-order valence-corrected chi connectivity index (χ4v) is 4.20. The number of carbonyl (C=O) groups excluding carboxylic acids is 1. The van der Waals surface area contributed by atoms with Crippen LogP contribution >= 0.6 is 0 Å². The Morgan fingerprint density at radius 2 is 1.83 bits per heavy atom. The van der Waals surface area contributed by atoms with Gasteiger partial charge in [-0.1, -0.05) is 24.5 Å². The van der Waals surface area contributed by atoms with Crippen LogP contribution in [0.2, 0.25) is 0 Å². The molecule has 1 aromatic heterocycles. The van der Waals surface area contributed by atoms with E-state index in [4.69, 9.17) is 0 Å². The molecule has 0 radical (unpaired) electrons. The first-order valence-corrected chi connectivity index (χ1v) is 9.68. The molecule has 24 heavy (non-hydrogen) atoms. The van der Waals surface area contributed by atoms with Gasteiger partial charge in [-0.3, -0.25) is 9.69 Å². The molecule has 2 aliphatic rings. The molecular weight excluding hydrogens is 302 g/mol. The Balaban J connectivity index is 1.64. The highest BCUT2D eigenvalue weighted by molar-refractivity contribution is 5.91. The van der Waals surface area contributed by atoms with Gasteiger partial charge < -0.3 is 4.90 Å². The second-order valence-corrected chi connectivity index (χ2v) is 7.14. The summed E-state index contributed by atoms with van der Waals surface area (Å²) < 4.78 is 1.94. The number of nitrogens with zero attached hydrogens (tertiary/aromatic N) is 5. The summed E-state index contributed by atoms with van der Waals surface area (Å²) in [6.07, 6.45) is 11.0. The van der Waals surface area contributed by atoms with Crippen LogP contribution in [-0.2, 0) is 0 Å². The zero-order valence-corrected chi connectivity index (χ0v) is 15.2. The maximum absolute atomic E-state index is 12.4. The zero-order valence-electron chi connectivity index (χ0n) is 15.2. The summed E-state index contributed by atoms with van der Waals surface area (Å²) in [5, 5.41) is 8.43. The van der Waals surface area contributed by atoms with E-state index in [2.05, 4.69) is 15.2 Å².